The smallest absolute Gasteiger partial charge is 0.305 e. The summed E-state index contributed by atoms with van der Waals surface area (Å²) in [5.74, 6) is -0.487. The number of amides is 1. The average molecular weight is 311 g/mol. The van der Waals surface area contributed by atoms with Gasteiger partial charge in [0, 0.05) is 24.2 Å². The summed E-state index contributed by atoms with van der Waals surface area (Å²) in [4.78, 5) is 23.9. The third-order valence-electron chi connectivity index (χ3n) is 2.79. The molecular formula is C15H21NO4S. The molecule has 0 saturated carbocycles. The van der Waals surface area contributed by atoms with Crippen LogP contribution in [0.2, 0.25) is 0 Å². The van der Waals surface area contributed by atoms with E-state index in [1.807, 2.05) is 30.3 Å². The largest absolute Gasteiger partial charge is 0.481 e. The number of rotatable bonds is 9. The third-order valence-corrected chi connectivity index (χ3v) is 3.80. The van der Waals surface area contributed by atoms with Crippen LogP contribution in [0.5, 0.6) is 0 Å². The van der Waals surface area contributed by atoms with Gasteiger partial charge in [-0.05, 0) is 19.1 Å². The molecule has 1 aromatic carbocycles. The molecule has 0 aromatic heterocycles. The van der Waals surface area contributed by atoms with Crippen molar-refractivity contribution in [2.75, 3.05) is 19.5 Å². The molecule has 116 valence electrons. The summed E-state index contributed by atoms with van der Waals surface area (Å²) >= 11 is 1.59. The van der Waals surface area contributed by atoms with Crippen LogP contribution in [-0.2, 0) is 14.3 Å². The van der Waals surface area contributed by atoms with Crippen LogP contribution < -0.4 is 5.32 Å². The molecule has 1 unspecified atom stereocenters. The van der Waals surface area contributed by atoms with Gasteiger partial charge in [-0.2, -0.15) is 0 Å². The van der Waals surface area contributed by atoms with Gasteiger partial charge in [0.25, 0.3) is 0 Å². The maximum absolute atomic E-state index is 11.9. The number of benzene rings is 1. The molecule has 0 saturated heterocycles. The zero-order valence-corrected chi connectivity index (χ0v) is 13.1. The second kappa shape index (κ2) is 8.69. The minimum Gasteiger partial charge on any atom is -0.481 e. The van der Waals surface area contributed by atoms with Gasteiger partial charge in [-0.1, -0.05) is 18.2 Å². The van der Waals surface area contributed by atoms with E-state index in [2.05, 4.69) is 5.32 Å². The van der Waals surface area contributed by atoms with Crippen molar-refractivity contribution in [3.8, 4) is 0 Å². The number of aliphatic carboxylic acids is 1. The molecule has 0 aliphatic rings. The summed E-state index contributed by atoms with van der Waals surface area (Å²) in [6.07, 6.45) is 0.164. The molecule has 0 spiro atoms. The van der Waals surface area contributed by atoms with E-state index in [1.54, 1.807) is 18.7 Å². The van der Waals surface area contributed by atoms with Gasteiger partial charge in [-0.25, -0.2) is 0 Å². The zero-order chi connectivity index (χ0) is 15.7. The fourth-order valence-electron chi connectivity index (χ4n) is 1.96. The number of carbonyl (C=O) groups excluding carboxylic acids is 1. The van der Waals surface area contributed by atoms with Crippen LogP contribution in [0.1, 0.15) is 19.8 Å². The molecule has 6 heteroatoms. The lowest BCUT2D eigenvalue weighted by atomic mass is 9.99. The molecule has 1 amide bonds. The number of thioether (sulfide) groups is 1. The normalized spacial score (nSPS) is 13.4. The van der Waals surface area contributed by atoms with E-state index in [9.17, 15) is 9.59 Å². The van der Waals surface area contributed by atoms with E-state index in [-0.39, 0.29) is 18.9 Å². The second-order valence-electron chi connectivity index (χ2n) is 5.02. The molecule has 1 aromatic rings. The Bertz CT molecular complexity index is 466. The molecular weight excluding hydrogens is 290 g/mol. The van der Waals surface area contributed by atoms with Gasteiger partial charge < -0.3 is 15.2 Å². The van der Waals surface area contributed by atoms with E-state index < -0.39 is 11.5 Å². The molecule has 0 aliphatic carbocycles. The molecule has 0 radical (unpaired) electrons. The maximum Gasteiger partial charge on any atom is 0.305 e. The van der Waals surface area contributed by atoms with Crippen LogP contribution in [0, 0.1) is 0 Å². The molecule has 21 heavy (non-hydrogen) atoms. The summed E-state index contributed by atoms with van der Waals surface area (Å²) in [7, 11) is 1.48. The highest BCUT2D eigenvalue weighted by Gasteiger charge is 2.29. The van der Waals surface area contributed by atoms with Gasteiger partial charge >= 0.3 is 5.97 Å². The molecule has 1 atom stereocenters. The molecule has 0 fully saturated rings. The van der Waals surface area contributed by atoms with E-state index in [1.165, 1.54) is 7.11 Å². The highest BCUT2D eigenvalue weighted by molar-refractivity contribution is 7.99. The van der Waals surface area contributed by atoms with Gasteiger partial charge in [0.2, 0.25) is 5.91 Å². The first kappa shape index (κ1) is 17.5. The third kappa shape index (κ3) is 7.15. The molecule has 0 bridgehead atoms. The minimum atomic E-state index is -0.964. The van der Waals surface area contributed by atoms with E-state index >= 15 is 0 Å². The van der Waals surface area contributed by atoms with Crippen LogP contribution in [0.25, 0.3) is 0 Å². The van der Waals surface area contributed by atoms with Crippen LogP contribution in [0.4, 0.5) is 0 Å². The predicted octanol–water partition coefficient (Wildman–Crippen LogP) is 2.16. The SMILES string of the molecule is COCC(C)(CC(=O)O)NC(=O)CCSc1ccccc1. The van der Waals surface area contributed by atoms with Crippen molar-refractivity contribution in [1.29, 1.82) is 0 Å². The number of carboxylic acids is 1. The quantitative estimate of drug-likeness (QED) is 0.684. The van der Waals surface area contributed by atoms with Gasteiger partial charge in [0.15, 0.2) is 0 Å². The number of nitrogens with one attached hydrogen (secondary N) is 1. The number of hydrogen-bond acceptors (Lipinski definition) is 4. The first-order valence-electron chi connectivity index (χ1n) is 6.65. The van der Waals surface area contributed by atoms with Crippen molar-refractivity contribution in [2.24, 2.45) is 0 Å². The van der Waals surface area contributed by atoms with Crippen molar-refractivity contribution in [3.63, 3.8) is 0 Å². The van der Waals surface area contributed by atoms with Gasteiger partial charge in [0.1, 0.15) is 0 Å². The first-order valence-corrected chi connectivity index (χ1v) is 7.63. The Hall–Kier alpha value is -1.53. The summed E-state index contributed by atoms with van der Waals surface area (Å²) in [6, 6.07) is 9.82. The van der Waals surface area contributed by atoms with Crippen molar-refractivity contribution >= 4 is 23.6 Å². The van der Waals surface area contributed by atoms with E-state index in [0.717, 1.165) is 4.90 Å². The first-order chi connectivity index (χ1) is 9.95. The summed E-state index contributed by atoms with van der Waals surface area (Å²) in [6.45, 7) is 1.84. The fraction of sp³-hybridized carbons (Fsp3) is 0.467. The predicted molar refractivity (Wildman–Crippen MR) is 82.5 cm³/mol. The van der Waals surface area contributed by atoms with Crippen LogP contribution in [0.3, 0.4) is 0 Å². The summed E-state index contributed by atoms with van der Waals surface area (Å²) in [5.41, 5.74) is -0.880. The maximum atomic E-state index is 11.9. The molecule has 0 heterocycles. The Morgan fingerprint density at radius 2 is 2.00 bits per heavy atom. The van der Waals surface area contributed by atoms with Gasteiger partial charge in [-0.15, -0.1) is 11.8 Å². The lowest BCUT2D eigenvalue weighted by Crippen LogP contribution is -2.50. The minimum absolute atomic E-state index is 0.164. The highest BCUT2D eigenvalue weighted by atomic mass is 32.2. The second-order valence-corrected chi connectivity index (χ2v) is 6.19. The Morgan fingerprint density at radius 3 is 2.57 bits per heavy atom. The Labute approximate surface area is 129 Å². The number of hydrogen-bond donors (Lipinski definition) is 2. The Balaban J connectivity index is 2.41. The molecule has 2 N–H and O–H groups in total. The standard InChI is InChI=1S/C15H21NO4S/c1-15(11-20-2,10-14(18)19)16-13(17)8-9-21-12-6-4-3-5-7-12/h3-7H,8-11H2,1-2H3,(H,16,17)(H,18,19). The molecule has 1 rings (SSSR count). The van der Waals surface area contributed by atoms with Gasteiger partial charge in [0.05, 0.1) is 18.6 Å². The van der Waals surface area contributed by atoms with Gasteiger partial charge in [-0.3, -0.25) is 9.59 Å². The average Bonchev–Trinajstić information content (AvgIpc) is 2.38. The monoisotopic (exact) mass is 311 g/mol. The number of methoxy groups -OCH3 is 1. The zero-order valence-electron chi connectivity index (χ0n) is 12.3. The fourth-order valence-corrected chi connectivity index (χ4v) is 2.83. The Morgan fingerprint density at radius 1 is 1.33 bits per heavy atom. The number of carbonyl (C=O) groups is 2. The van der Waals surface area contributed by atoms with Crippen molar-refractivity contribution in [2.45, 2.75) is 30.2 Å². The van der Waals surface area contributed by atoms with Crippen LogP contribution >= 0.6 is 11.8 Å². The van der Waals surface area contributed by atoms with E-state index in [0.29, 0.717) is 12.2 Å². The molecule has 5 nitrogen and oxygen atoms in total. The van der Waals surface area contributed by atoms with Crippen molar-refractivity contribution < 1.29 is 19.4 Å². The number of ether oxygens (including phenoxy) is 1. The summed E-state index contributed by atoms with van der Waals surface area (Å²) < 4.78 is 5.00. The topological polar surface area (TPSA) is 75.6 Å². The van der Waals surface area contributed by atoms with Crippen molar-refractivity contribution in [3.05, 3.63) is 30.3 Å². The highest BCUT2D eigenvalue weighted by Crippen LogP contribution is 2.18. The lowest BCUT2D eigenvalue weighted by Gasteiger charge is -2.28. The van der Waals surface area contributed by atoms with Crippen molar-refractivity contribution in [1.82, 2.24) is 5.32 Å². The summed E-state index contributed by atoms with van der Waals surface area (Å²) in [5, 5.41) is 11.7. The van der Waals surface area contributed by atoms with Crippen LogP contribution in [-0.4, -0.2) is 42.0 Å². The van der Waals surface area contributed by atoms with Crippen LogP contribution in [0.15, 0.2) is 35.2 Å². The number of carboxylic acid groups (broad SMARTS) is 1. The van der Waals surface area contributed by atoms with E-state index in [4.69, 9.17) is 9.84 Å². The Kier molecular flexibility index (Phi) is 7.25. The molecule has 0 aliphatic heterocycles. The lowest BCUT2D eigenvalue weighted by molar-refractivity contribution is -0.139.